The molecule has 8 nitrogen and oxygen atoms in total. The van der Waals surface area contributed by atoms with Crippen LogP contribution in [-0.4, -0.2) is 24.5 Å². The molecule has 1 aromatic carbocycles. The van der Waals surface area contributed by atoms with Crippen LogP contribution in [0.5, 0.6) is 0 Å². The van der Waals surface area contributed by atoms with Crippen LogP contribution in [0.2, 0.25) is 0 Å². The minimum absolute atomic E-state index is 0.0231. The van der Waals surface area contributed by atoms with E-state index in [0.717, 1.165) is 10.1 Å². The first-order chi connectivity index (χ1) is 11.5. The number of aromatic amines is 1. The van der Waals surface area contributed by atoms with Crippen molar-refractivity contribution in [1.29, 1.82) is 0 Å². The predicted octanol–water partition coefficient (Wildman–Crippen LogP) is 2.62. The summed E-state index contributed by atoms with van der Waals surface area (Å²) in [4.78, 5) is 30.6. The van der Waals surface area contributed by atoms with Gasteiger partial charge in [0, 0.05) is 0 Å². The van der Waals surface area contributed by atoms with Gasteiger partial charge in [0.25, 0.3) is 5.78 Å². The molecule has 0 saturated heterocycles. The second-order valence-corrected chi connectivity index (χ2v) is 5.59. The summed E-state index contributed by atoms with van der Waals surface area (Å²) < 4.78 is 0.937. The van der Waals surface area contributed by atoms with E-state index in [1.807, 2.05) is 24.3 Å². The van der Waals surface area contributed by atoms with Gasteiger partial charge in [0.1, 0.15) is 6.33 Å². The number of hydrogen-bond donors (Lipinski definition) is 1. The Balaban J connectivity index is 2.04. The van der Waals surface area contributed by atoms with Gasteiger partial charge < -0.3 is 0 Å². The van der Waals surface area contributed by atoms with Crippen LogP contribution in [0.4, 0.5) is 5.69 Å². The first kappa shape index (κ1) is 15.6. The number of hydrogen-bond acceptors (Lipinski definition) is 5. The zero-order valence-corrected chi connectivity index (χ0v) is 13.1. The van der Waals surface area contributed by atoms with Crippen LogP contribution in [0.15, 0.2) is 35.4 Å². The maximum Gasteiger partial charge on any atom is 0.361 e. The van der Waals surface area contributed by atoms with E-state index in [0.29, 0.717) is 5.92 Å². The molecule has 2 heterocycles. The van der Waals surface area contributed by atoms with Crippen molar-refractivity contribution >= 4 is 23.6 Å². The minimum Gasteiger partial charge on any atom is -0.277 e. The molecule has 0 unspecified atom stereocenters. The molecule has 2 aromatic heterocycles. The Morgan fingerprint density at radius 1 is 1.25 bits per heavy atom. The molecule has 0 amide bonds. The van der Waals surface area contributed by atoms with Gasteiger partial charge in [-0.3, -0.25) is 20.0 Å². The molecule has 0 spiro atoms. The molecule has 0 fully saturated rings. The Bertz CT molecular complexity index is 983. The van der Waals surface area contributed by atoms with Gasteiger partial charge in [0.2, 0.25) is 0 Å². The monoisotopic (exact) mass is 325 g/mol. The van der Waals surface area contributed by atoms with Gasteiger partial charge in [0.15, 0.2) is 5.69 Å². The molecule has 122 valence electrons. The smallest absolute Gasteiger partial charge is 0.277 e. The van der Waals surface area contributed by atoms with E-state index in [4.69, 9.17) is 0 Å². The predicted molar refractivity (Wildman–Crippen MR) is 89.7 cm³/mol. The number of nitro groups is 1. The fourth-order valence-corrected chi connectivity index (χ4v) is 2.32. The van der Waals surface area contributed by atoms with Crippen molar-refractivity contribution in [3.8, 4) is 0 Å². The zero-order chi connectivity index (χ0) is 17.3. The summed E-state index contributed by atoms with van der Waals surface area (Å²) in [5.41, 5.74) is 0.652. The van der Waals surface area contributed by atoms with Crippen LogP contribution in [0, 0.1) is 10.1 Å². The Morgan fingerprint density at radius 3 is 2.58 bits per heavy atom. The number of rotatable bonds is 4. The quantitative estimate of drug-likeness (QED) is 0.586. The highest BCUT2D eigenvalue weighted by Crippen LogP contribution is 2.18. The minimum atomic E-state index is -0.794. The molecule has 24 heavy (non-hydrogen) atoms. The van der Waals surface area contributed by atoms with Crippen molar-refractivity contribution in [3.05, 3.63) is 67.9 Å². The standard InChI is InChI=1S/C16H15N5O3/c1-10(2)12-6-3-11(4-7-12)5-8-13-14(21(23)24)15(22)20-16(19-13)17-9-18-20/h3-10H,1-2H3,(H,17,18,19). The van der Waals surface area contributed by atoms with Gasteiger partial charge in [-0.05, 0) is 23.1 Å². The summed E-state index contributed by atoms with van der Waals surface area (Å²) in [5.74, 6) is 0.508. The van der Waals surface area contributed by atoms with Crippen molar-refractivity contribution in [3.63, 3.8) is 0 Å². The van der Waals surface area contributed by atoms with Gasteiger partial charge in [-0.25, -0.2) is 9.97 Å². The van der Waals surface area contributed by atoms with Crippen LogP contribution in [0.25, 0.3) is 17.9 Å². The molecular weight excluding hydrogens is 310 g/mol. The summed E-state index contributed by atoms with van der Waals surface area (Å²) in [6.07, 6.45) is 4.40. The Labute approximate surface area is 136 Å². The van der Waals surface area contributed by atoms with Crippen LogP contribution >= 0.6 is 0 Å². The number of nitrogens with one attached hydrogen (secondary N) is 1. The van der Waals surface area contributed by atoms with E-state index < -0.39 is 16.2 Å². The molecule has 8 heteroatoms. The molecular formula is C16H15N5O3. The summed E-state index contributed by atoms with van der Waals surface area (Å²) in [6.45, 7) is 4.20. The average molecular weight is 325 g/mol. The Morgan fingerprint density at radius 2 is 1.96 bits per heavy atom. The fourth-order valence-electron chi connectivity index (χ4n) is 2.32. The SMILES string of the molecule is CC(C)c1ccc(C=Cc2nc3nc[nH]n3c(=O)c2[N+](=O)[O-])cc1. The third kappa shape index (κ3) is 2.81. The lowest BCUT2D eigenvalue weighted by Gasteiger charge is -2.04. The number of fused-ring (bicyclic) bond motifs is 1. The molecule has 0 bridgehead atoms. The van der Waals surface area contributed by atoms with Gasteiger partial charge >= 0.3 is 11.2 Å². The van der Waals surface area contributed by atoms with E-state index in [1.165, 1.54) is 18.0 Å². The summed E-state index contributed by atoms with van der Waals surface area (Å²) in [6, 6.07) is 7.82. The highest BCUT2D eigenvalue weighted by molar-refractivity contribution is 5.72. The molecule has 1 N–H and O–H groups in total. The lowest BCUT2D eigenvalue weighted by molar-refractivity contribution is -0.386. The van der Waals surface area contributed by atoms with Gasteiger partial charge in [-0.1, -0.05) is 44.2 Å². The van der Waals surface area contributed by atoms with Crippen LogP contribution < -0.4 is 5.56 Å². The molecule has 3 rings (SSSR count). The highest BCUT2D eigenvalue weighted by Gasteiger charge is 2.22. The number of benzene rings is 1. The molecule has 0 saturated carbocycles. The normalized spacial score (nSPS) is 11.6. The Hall–Kier alpha value is -3.29. The summed E-state index contributed by atoms with van der Waals surface area (Å²) in [5, 5.41) is 13.7. The maximum atomic E-state index is 12.2. The zero-order valence-electron chi connectivity index (χ0n) is 13.1. The largest absolute Gasteiger partial charge is 0.361 e. The average Bonchev–Trinajstić information content (AvgIpc) is 3.01. The van der Waals surface area contributed by atoms with Crippen molar-refractivity contribution < 1.29 is 4.92 Å². The van der Waals surface area contributed by atoms with Crippen molar-refractivity contribution in [2.45, 2.75) is 19.8 Å². The van der Waals surface area contributed by atoms with Gasteiger partial charge in [0.05, 0.1) is 4.92 Å². The van der Waals surface area contributed by atoms with Crippen LogP contribution in [-0.2, 0) is 0 Å². The fraction of sp³-hybridized carbons (Fsp3) is 0.188. The van der Waals surface area contributed by atoms with Crippen LogP contribution in [0.3, 0.4) is 0 Å². The number of aromatic nitrogens is 4. The van der Waals surface area contributed by atoms with Gasteiger partial charge in [-0.15, -0.1) is 0 Å². The highest BCUT2D eigenvalue weighted by atomic mass is 16.6. The second kappa shape index (κ2) is 6.07. The van der Waals surface area contributed by atoms with E-state index >= 15 is 0 Å². The third-order valence-electron chi connectivity index (χ3n) is 3.65. The topological polar surface area (TPSA) is 106 Å². The number of H-pyrrole nitrogens is 1. The Kier molecular flexibility index (Phi) is 3.95. The molecule has 0 aliphatic rings. The van der Waals surface area contributed by atoms with E-state index in [9.17, 15) is 14.9 Å². The molecule has 0 atom stereocenters. The summed E-state index contributed by atoms with van der Waals surface area (Å²) in [7, 11) is 0. The number of nitrogens with zero attached hydrogens (tertiary/aromatic N) is 4. The van der Waals surface area contributed by atoms with E-state index in [2.05, 4.69) is 28.9 Å². The molecule has 0 radical (unpaired) electrons. The summed E-state index contributed by atoms with van der Waals surface area (Å²) >= 11 is 0. The lowest BCUT2D eigenvalue weighted by Crippen LogP contribution is -2.20. The van der Waals surface area contributed by atoms with E-state index in [1.54, 1.807) is 6.08 Å². The van der Waals surface area contributed by atoms with Gasteiger partial charge in [-0.2, -0.15) is 4.52 Å². The first-order valence-electron chi connectivity index (χ1n) is 7.36. The maximum absolute atomic E-state index is 12.2. The van der Waals surface area contributed by atoms with Crippen molar-refractivity contribution in [2.24, 2.45) is 0 Å². The third-order valence-corrected chi connectivity index (χ3v) is 3.65. The second-order valence-electron chi connectivity index (χ2n) is 5.59. The van der Waals surface area contributed by atoms with Crippen LogP contribution in [0.1, 0.15) is 36.6 Å². The van der Waals surface area contributed by atoms with Crippen molar-refractivity contribution in [2.75, 3.05) is 0 Å². The first-order valence-corrected chi connectivity index (χ1v) is 7.36. The molecule has 3 aromatic rings. The lowest BCUT2D eigenvalue weighted by atomic mass is 10.0. The molecule has 0 aliphatic heterocycles. The van der Waals surface area contributed by atoms with Crippen molar-refractivity contribution in [1.82, 2.24) is 19.6 Å². The molecule has 0 aliphatic carbocycles. The van der Waals surface area contributed by atoms with E-state index in [-0.39, 0.29) is 11.5 Å².